The predicted molar refractivity (Wildman–Crippen MR) is 88.2 cm³/mol. The fourth-order valence-corrected chi connectivity index (χ4v) is 3.66. The van der Waals surface area contributed by atoms with Crippen LogP contribution in [-0.4, -0.2) is 6.54 Å². The second-order valence-corrected chi connectivity index (χ2v) is 6.21. The Kier molecular flexibility index (Phi) is 6.09. The van der Waals surface area contributed by atoms with Gasteiger partial charge in [0.05, 0.1) is 0 Å². The van der Waals surface area contributed by atoms with E-state index in [9.17, 15) is 0 Å². The summed E-state index contributed by atoms with van der Waals surface area (Å²) in [5, 5.41) is 3.82. The highest BCUT2D eigenvalue weighted by Crippen LogP contribution is 2.36. The molecular formula is C19H31N. The number of rotatable bonds is 7. The molecule has 1 aromatic rings. The zero-order valence-corrected chi connectivity index (χ0v) is 13.5. The van der Waals surface area contributed by atoms with Crippen molar-refractivity contribution in [2.45, 2.75) is 71.8 Å². The molecule has 0 spiro atoms. The molecular weight excluding hydrogens is 242 g/mol. The summed E-state index contributed by atoms with van der Waals surface area (Å²) in [6, 6.07) is 7.80. The Morgan fingerprint density at radius 2 is 1.75 bits per heavy atom. The van der Waals surface area contributed by atoms with Gasteiger partial charge >= 0.3 is 0 Å². The van der Waals surface area contributed by atoms with Crippen LogP contribution >= 0.6 is 0 Å². The molecule has 1 fully saturated rings. The summed E-state index contributed by atoms with van der Waals surface area (Å²) >= 11 is 0. The number of benzene rings is 1. The maximum absolute atomic E-state index is 3.82. The van der Waals surface area contributed by atoms with Gasteiger partial charge in [-0.05, 0) is 61.3 Å². The first-order valence-electron chi connectivity index (χ1n) is 8.65. The van der Waals surface area contributed by atoms with E-state index in [1.807, 2.05) is 0 Å². The Labute approximate surface area is 125 Å². The van der Waals surface area contributed by atoms with Crippen LogP contribution in [0.2, 0.25) is 0 Å². The van der Waals surface area contributed by atoms with E-state index in [0.717, 1.165) is 25.3 Å². The Morgan fingerprint density at radius 1 is 1.05 bits per heavy atom. The van der Waals surface area contributed by atoms with Crippen molar-refractivity contribution in [1.82, 2.24) is 5.32 Å². The van der Waals surface area contributed by atoms with Gasteiger partial charge in [-0.3, -0.25) is 0 Å². The van der Waals surface area contributed by atoms with Crippen molar-refractivity contribution in [3.63, 3.8) is 0 Å². The van der Waals surface area contributed by atoms with Crippen molar-refractivity contribution < 1.29 is 0 Å². The highest BCUT2D eigenvalue weighted by molar-refractivity contribution is 5.34. The number of hydrogen-bond acceptors (Lipinski definition) is 1. The minimum absolute atomic E-state index is 0.577. The lowest BCUT2D eigenvalue weighted by molar-refractivity contribution is 0.368. The lowest BCUT2D eigenvalue weighted by atomic mass is 9.88. The summed E-state index contributed by atoms with van der Waals surface area (Å²) in [7, 11) is 0. The first kappa shape index (κ1) is 15.6. The standard InChI is InChI=1S/C19H31N/c1-4-13-20-19(17-9-7-8-10-17)18-12-11-15(5-2)16(6-3)14-18/h11-12,14,17,19-20H,4-10,13H2,1-3H3. The van der Waals surface area contributed by atoms with Gasteiger partial charge in [-0.1, -0.05) is 51.8 Å². The van der Waals surface area contributed by atoms with Crippen molar-refractivity contribution in [1.29, 1.82) is 0 Å². The van der Waals surface area contributed by atoms with Crippen molar-refractivity contribution in [2.24, 2.45) is 5.92 Å². The van der Waals surface area contributed by atoms with Crippen LogP contribution in [0.3, 0.4) is 0 Å². The Balaban J connectivity index is 2.22. The van der Waals surface area contributed by atoms with E-state index in [1.54, 1.807) is 5.56 Å². The highest BCUT2D eigenvalue weighted by atomic mass is 14.9. The fourth-order valence-electron chi connectivity index (χ4n) is 3.66. The number of nitrogens with one attached hydrogen (secondary N) is 1. The summed E-state index contributed by atoms with van der Waals surface area (Å²) < 4.78 is 0. The normalized spacial score (nSPS) is 17.6. The van der Waals surface area contributed by atoms with Gasteiger partial charge in [0, 0.05) is 6.04 Å². The lowest BCUT2D eigenvalue weighted by Crippen LogP contribution is -2.28. The molecule has 1 aliphatic carbocycles. The van der Waals surface area contributed by atoms with Crippen LogP contribution in [0.4, 0.5) is 0 Å². The van der Waals surface area contributed by atoms with Crippen LogP contribution in [0.25, 0.3) is 0 Å². The monoisotopic (exact) mass is 273 g/mol. The molecule has 0 saturated heterocycles. The van der Waals surface area contributed by atoms with Crippen LogP contribution in [-0.2, 0) is 12.8 Å². The van der Waals surface area contributed by atoms with Crippen molar-refractivity contribution in [2.75, 3.05) is 6.54 Å². The molecule has 0 aromatic heterocycles. The minimum atomic E-state index is 0.577. The van der Waals surface area contributed by atoms with Crippen molar-refractivity contribution in [3.05, 3.63) is 34.9 Å². The van der Waals surface area contributed by atoms with Gasteiger partial charge in [-0.15, -0.1) is 0 Å². The number of hydrogen-bond donors (Lipinski definition) is 1. The SMILES string of the molecule is CCCNC(c1ccc(CC)c(CC)c1)C1CCCC1. The van der Waals surface area contributed by atoms with E-state index in [4.69, 9.17) is 0 Å². The first-order chi connectivity index (χ1) is 9.80. The van der Waals surface area contributed by atoms with Gasteiger partial charge in [0.1, 0.15) is 0 Å². The third kappa shape index (κ3) is 3.63. The van der Waals surface area contributed by atoms with E-state index in [-0.39, 0.29) is 0 Å². The van der Waals surface area contributed by atoms with Gasteiger partial charge in [0.25, 0.3) is 0 Å². The van der Waals surface area contributed by atoms with Crippen LogP contribution in [0, 0.1) is 5.92 Å². The van der Waals surface area contributed by atoms with E-state index in [1.165, 1.54) is 43.2 Å². The third-order valence-electron chi connectivity index (χ3n) is 4.84. The van der Waals surface area contributed by atoms with Crippen LogP contribution in [0.1, 0.15) is 75.6 Å². The van der Waals surface area contributed by atoms with Crippen LogP contribution in [0.15, 0.2) is 18.2 Å². The Morgan fingerprint density at radius 3 is 2.35 bits per heavy atom. The molecule has 0 aliphatic heterocycles. The number of aryl methyl sites for hydroxylation is 2. The largest absolute Gasteiger partial charge is 0.310 e. The fraction of sp³-hybridized carbons (Fsp3) is 0.684. The summed E-state index contributed by atoms with van der Waals surface area (Å²) in [5.41, 5.74) is 4.60. The Hall–Kier alpha value is -0.820. The smallest absolute Gasteiger partial charge is 0.0348 e. The second-order valence-electron chi connectivity index (χ2n) is 6.21. The molecule has 0 amide bonds. The predicted octanol–water partition coefficient (Wildman–Crippen LogP) is 5.04. The van der Waals surface area contributed by atoms with Gasteiger partial charge in [0.2, 0.25) is 0 Å². The topological polar surface area (TPSA) is 12.0 Å². The quantitative estimate of drug-likeness (QED) is 0.733. The molecule has 2 rings (SSSR count). The van der Waals surface area contributed by atoms with Gasteiger partial charge in [-0.25, -0.2) is 0 Å². The minimum Gasteiger partial charge on any atom is -0.310 e. The van der Waals surface area contributed by atoms with Gasteiger partial charge < -0.3 is 5.32 Å². The molecule has 1 unspecified atom stereocenters. The Bertz CT molecular complexity index is 404. The molecule has 0 radical (unpaired) electrons. The van der Waals surface area contributed by atoms with Gasteiger partial charge in [0.15, 0.2) is 0 Å². The maximum atomic E-state index is 3.82. The lowest BCUT2D eigenvalue weighted by Gasteiger charge is -2.26. The molecule has 1 saturated carbocycles. The summed E-state index contributed by atoms with van der Waals surface area (Å²) in [6.07, 6.45) is 9.17. The second kappa shape index (κ2) is 7.83. The molecule has 1 N–H and O–H groups in total. The zero-order valence-electron chi connectivity index (χ0n) is 13.5. The maximum Gasteiger partial charge on any atom is 0.0348 e. The van der Waals surface area contributed by atoms with Crippen LogP contribution in [0.5, 0.6) is 0 Å². The molecule has 1 heteroatoms. The summed E-state index contributed by atoms with van der Waals surface area (Å²) in [4.78, 5) is 0. The highest BCUT2D eigenvalue weighted by Gasteiger charge is 2.26. The van der Waals surface area contributed by atoms with E-state index < -0.39 is 0 Å². The average molecular weight is 273 g/mol. The molecule has 1 aliphatic rings. The molecule has 0 bridgehead atoms. The molecule has 1 aromatic carbocycles. The zero-order chi connectivity index (χ0) is 14.4. The van der Waals surface area contributed by atoms with E-state index in [2.05, 4.69) is 44.3 Å². The molecule has 0 heterocycles. The summed E-state index contributed by atoms with van der Waals surface area (Å²) in [6.45, 7) is 7.94. The van der Waals surface area contributed by atoms with Gasteiger partial charge in [-0.2, -0.15) is 0 Å². The average Bonchev–Trinajstić information content (AvgIpc) is 3.01. The molecule has 112 valence electrons. The molecule has 1 nitrogen and oxygen atoms in total. The van der Waals surface area contributed by atoms with Crippen molar-refractivity contribution in [3.8, 4) is 0 Å². The molecule has 1 atom stereocenters. The molecule has 20 heavy (non-hydrogen) atoms. The summed E-state index contributed by atoms with van der Waals surface area (Å²) in [5.74, 6) is 0.846. The van der Waals surface area contributed by atoms with Crippen LogP contribution < -0.4 is 5.32 Å². The van der Waals surface area contributed by atoms with E-state index in [0.29, 0.717) is 6.04 Å². The first-order valence-corrected chi connectivity index (χ1v) is 8.65. The van der Waals surface area contributed by atoms with Crippen molar-refractivity contribution >= 4 is 0 Å². The third-order valence-corrected chi connectivity index (χ3v) is 4.84. The van der Waals surface area contributed by atoms with E-state index >= 15 is 0 Å².